The SMILES string of the molecule is O=C(c1cc2c(ccc3cnc(NCC4CCCCC4)nc32)s1)N1CCNCC1. The molecule has 6 nitrogen and oxygen atoms in total. The van der Waals surface area contributed by atoms with Gasteiger partial charge in [-0.05, 0) is 37.0 Å². The van der Waals surface area contributed by atoms with Crippen molar-refractivity contribution in [2.45, 2.75) is 32.1 Å². The fourth-order valence-corrected chi connectivity index (χ4v) is 5.48. The summed E-state index contributed by atoms with van der Waals surface area (Å²) in [6.07, 6.45) is 8.53. The lowest BCUT2D eigenvalue weighted by molar-refractivity contribution is 0.0741. The average molecular weight is 410 g/mol. The van der Waals surface area contributed by atoms with Crippen LogP contribution in [0.5, 0.6) is 0 Å². The van der Waals surface area contributed by atoms with Crippen LogP contribution in [-0.4, -0.2) is 53.5 Å². The summed E-state index contributed by atoms with van der Waals surface area (Å²) in [5.41, 5.74) is 0.930. The van der Waals surface area contributed by atoms with Crippen LogP contribution >= 0.6 is 11.3 Å². The maximum atomic E-state index is 12.9. The van der Waals surface area contributed by atoms with Gasteiger partial charge in [-0.3, -0.25) is 4.79 Å². The van der Waals surface area contributed by atoms with Gasteiger partial charge in [0, 0.05) is 54.4 Å². The normalized spacial score (nSPS) is 18.4. The summed E-state index contributed by atoms with van der Waals surface area (Å²) >= 11 is 1.56. The molecule has 3 aromatic rings. The quantitative estimate of drug-likeness (QED) is 0.684. The molecular formula is C22H27N5OS. The molecular weight excluding hydrogens is 382 g/mol. The van der Waals surface area contributed by atoms with Crippen molar-refractivity contribution in [1.29, 1.82) is 0 Å². The van der Waals surface area contributed by atoms with E-state index in [2.05, 4.69) is 27.8 Å². The molecule has 7 heteroatoms. The van der Waals surface area contributed by atoms with Gasteiger partial charge in [0.1, 0.15) is 0 Å². The summed E-state index contributed by atoms with van der Waals surface area (Å²) in [6, 6.07) is 6.15. The highest BCUT2D eigenvalue weighted by atomic mass is 32.1. The second-order valence-corrected chi connectivity index (χ2v) is 9.23. The van der Waals surface area contributed by atoms with Crippen LogP contribution in [0.4, 0.5) is 5.95 Å². The van der Waals surface area contributed by atoms with Crippen molar-refractivity contribution in [3.63, 3.8) is 0 Å². The van der Waals surface area contributed by atoms with Gasteiger partial charge in [0.15, 0.2) is 0 Å². The highest BCUT2D eigenvalue weighted by Gasteiger charge is 2.21. The van der Waals surface area contributed by atoms with Crippen LogP contribution < -0.4 is 10.6 Å². The molecule has 1 aromatic carbocycles. The Kier molecular flexibility index (Phi) is 5.33. The molecule has 152 valence electrons. The third-order valence-electron chi connectivity index (χ3n) is 6.14. The van der Waals surface area contributed by atoms with Gasteiger partial charge < -0.3 is 15.5 Å². The number of amides is 1. The first kappa shape index (κ1) is 18.8. The number of carbonyl (C=O) groups excluding carboxylic acids is 1. The van der Waals surface area contributed by atoms with E-state index in [9.17, 15) is 4.79 Å². The molecule has 0 unspecified atom stereocenters. The van der Waals surface area contributed by atoms with Gasteiger partial charge in [0.2, 0.25) is 5.95 Å². The molecule has 2 N–H and O–H groups in total. The van der Waals surface area contributed by atoms with E-state index in [0.29, 0.717) is 5.95 Å². The predicted octanol–water partition coefficient (Wildman–Crippen LogP) is 3.88. The number of rotatable bonds is 4. The summed E-state index contributed by atoms with van der Waals surface area (Å²) in [6.45, 7) is 4.21. The van der Waals surface area contributed by atoms with Crippen molar-refractivity contribution in [1.82, 2.24) is 20.2 Å². The molecule has 0 spiro atoms. The second kappa shape index (κ2) is 8.24. The fraction of sp³-hybridized carbons (Fsp3) is 0.500. The summed E-state index contributed by atoms with van der Waals surface area (Å²) in [7, 11) is 0. The molecule has 2 aliphatic rings. The number of anilines is 1. The monoisotopic (exact) mass is 409 g/mol. The van der Waals surface area contributed by atoms with Crippen molar-refractivity contribution >= 4 is 44.2 Å². The number of benzene rings is 1. The molecule has 2 aromatic heterocycles. The van der Waals surface area contributed by atoms with Gasteiger partial charge in [-0.15, -0.1) is 11.3 Å². The molecule has 0 radical (unpaired) electrons. The molecule has 1 aliphatic carbocycles. The van der Waals surface area contributed by atoms with Crippen LogP contribution in [0.2, 0.25) is 0 Å². The minimum Gasteiger partial charge on any atom is -0.354 e. The predicted molar refractivity (Wildman–Crippen MR) is 119 cm³/mol. The number of nitrogens with one attached hydrogen (secondary N) is 2. The van der Waals surface area contributed by atoms with E-state index in [1.54, 1.807) is 11.3 Å². The van der Waals surface area contributed by atoms with Crippen LogP contribution in [0.25, 0.3) is 21.0 Å². The van der Waals surface area contributed by atoms with Crippen LogP contribution in [-0.2, 0) is 0 Å². The van der Waals surface area contributed by atoms with E-state index in [-0.39, 0.29) is 5.91 Å². The zero-order valence-electron chi connectivity index (χ0n) is 16.6. The molecule has 3 heterocycles. The number of aromatic nitrogens is 2. The molecule has 0 bridgehead atoms. The van der Waals surface area contributed by atoms with Crippen LogP contribution in [0.15, 0.2) is 24.4 Å². The summed E-state index contributed by atoms with van der Waals surface area (Å²) < 4.78 is 1.10. The highest BCUT2D eigenvalue weighted by molar-refractivity contribution is 7.21. The van der Waals surface area contributed by atoms with E-state index in [1.165, 1.54) is 32.1 Å². The van der Waals surface area contributed by atoms with Gasteiger partial charge in [-0.2, -0.15) is 0 Å². The summed E-state index contributed by atoms with van der Waals surface area (Å²) in [5.74, 6) is 1.55. The first-order valence-corrected chi connectivity index (χ1v) is 11.5. The molecule has 0 atom stereocenters. The number of thiophene rings is 1. The number of hydrogen-bond acceptors (Lipinski definition) is 6. The minimum absolute atomic E-state index is 0.130. The smallest absolute Gasteiger partial charge is 0.264 e. The molecule has 1 saturated heterocycles. The van der Waals surface area contributed by atoms with Gasteiger partial charge in [0.05, 0.1) is 10.4 Å². The van der Waals surface area contributed by atoms with E-state index >= 15 is 0 Å². The Hall–Kier alpha value is -2.25. The number of piperazine rings is 1. The van der Waals surface area contributed by atoms with Crippen molar-refractivity contribution in [2.75, 3.05) is 38.0 Å². The van der Waals surface area contributed by atoms with Gasteiger partial charge in [-0.25, -0.2) is 9.97 Å². The van der Waals surface area contributed by atoms with Crippen molar-refractivity contribution in [3.05, 3.63) is 29.3 Å². The molecule has 1 amide bonds. The van der Waals surface area contributed by atoms with E-state index in [0.717, 1.165) is 64.5 Å². The van der Waals surface area contributed by atoms with Crippen molar-refractivity contribution in [3.8, 4) is 0 Å². The van der Waals surface area contributed by atoms with Crippen LogP contribution in [0.1, 0.15) is 41.8 Å². The number of carbonyl (C=O) groups is 1. The maximum Gasteiger partial charge on any atom is 0.264 e. The number of nitrogens with zero attached hydrogens (tertiary/aromatic N) is 3. The fourth-order valence-electron chi connectivity index (χ4n) is 4.45. The Morgan fingerprint density at radius 1 is 1.21 bits per heavy atom. The summed E-state index contributed by atoms with van der Waals surface area (Å²) in [5, 5.41) is 8.81. The molecule has 1 aliphatic heterocycles. The Labute approximate surface area is 174 Å². The lowest BCUT2D eigenvalue weighted by atomic mass is 9.89. The maximum absolute atomic E-state index is 12.9. The first-order valence-electron chi connectivity index (χ1n) is 10.7. The topological polar surface area (TPSA) is 70.2 Å². The zero-order chi connectivity index (χ0) is 19.6. The Balaban J connectivity index is 1.41. The van der Waals surface area contributed by atoms with Gasteiger partial charge >= 0.3 is 0 Å². The Morgan fingerprint density at radius 3 is 2.86 bits per heavy atom. The molecule has 2 fully saturated rings. The van der Waals surface area contributed by atoms with Crippen molar-refractivity contribution in [2.24, 2.45) is 5.92 Å². The third-order valence-corrected chi connectivity index (χ3v) is 7.22. The zero-order valence-corrected chi connectivity index (χ0v) is 17.4. The molecule has 29 heavy (non-hydrogen) atoms. The van der Waals surface area contributed by atoms with Gasteiger partial charge in [0.25, 0.3) is 5.91 Å². The lowest BCUT2D eigenvalue weighted by Gasteiger charge is -2.26. The Bertz CT molecular complexity index is 1020. The number of hydrogen-bond donors (Lipinski definition) is 2. The summed E-state index contributed by atoms with van der Waals surface area (Å²) in [4.78, 5) is 25.0. The van der Waals surface area contributed by atoms with Gasteiger partial charge in [-0.1, -0.05) is 19.3 Å². The Morgan fingerprint density at radius 2 is 2.03 bits per heavy atom. The highest BCUT2D eigenvalue weighted by Crippen LogP contribution is 2.32. The molecule has 1 saturated carbocycles. The largest absolute Gasteiger partial charge is 0.354 e. The van der Waals surface area contributed by atoms with E-state index in [4.69, 9.17) is 4.98 Å². The van der Waals surface area contributed by atoms with Crippen molar-refractivity contribution < 1.29 is 4.79 Å². The minimum atomic E-state index is 0.130. The second-order valence-electron chi connectivity index (χ2n) is 8.15. The average Bonchev–Trinajstić information content (AvgIpc) is 3.23. The van der Waals surface area contributed by atoms with E-state index in [1.807, 2.05) is 17.2 Å². The number of fused-ring (bicyclic) bond motifs is 3. The van der Waals surface area contributed by atoms with Crippen LogP contribution in [0, 0.1) is 5.92 Å². The first-order chi connectivity index (χ1) is 14.3. The third kappa shape index (κ3) is 3.94. The lowest BCUT2D eigenvalue weighted by Crippen LogP contribution is -2.46. The van der Waals surface area contributed by atoms with E-state index < -0.39 is 0 Å². The molecule has 5 rings (SSSR count). The standard InChI is InChI=1S/C22H27N5OS/c28-21(27-10-8-23-9-11-27)19-12-17-18(29-19)7-6-16-14-25-22(26-20(16)17)24-13-15-4-2-1-3-5-15/h6-7,12,14-15,23H,1-5,8-11,13H2,(H,24,25,26). The van der Waals surface area contributed by atoms with Crippen LogP contribution in [0.3, 0.4) is 0 Å².